The first-order valence-corrected chi connectivity index (χ1v) is 9.67. The topological polar surface area (TPSA) is 95.8 Å². The van der Waals surface area contributed by atoms with Crippen molar-refractivity contribution in [3.63, 3.8) is 0 Å². The number of imidazole rings is 1. The second kappa shape index (κ2) is 11.2. The van der Waals surface area contributed by atoms with Gasteiger partial charge in [-0.15, -0.1) is 0 Å². The number of rotatable bonds is 5. The van der Waals surface area contributed by atoms with E-state index in [-0.39, 0.29) is 5.91 Å². The summed E-state index contributed by atoms with van der Waals surface area (Å²) in [5.41, 5.74) is 6.69. The van der Waals surface area contributed by atoms with Gasteiger partial charge < -0.3 is 15.7 Å². The van der Waals surface area contributed by atoms with Crippen molar-refractivity contribution in [3.8, 4) is 0 Å². The summed E-state index contributed by atoms with van der Waals surface area (Å²) in [6.07, 6.45) is 12.0. The third-order valence-corrected chi connectivity index (χ3v) is 4.79. The molecule has 0 atom stereocenters. The fourth-order valence-electron chi connectivity index (χ4n) is 3.15. The van der Waals surface area contributed by atoms with Crippen molar-refractivity contribution in [2.24, 2.45) is 5.84 Å². The molecule has 0 saturated heterocycles. The quantitative estimate of drug-likeness (QED) is 0.280. The molecule has 0 aliphatic heterocycles. The zero-order valence-electron chi connectivity index (χ0n) is 16.3. The normalized spacial score (nSPS) is 15.8. The van der Waals surface area contributed by atoms with Crippen LogP contribution in [0.25, 0.3) is 11.0 Å². The van der Waals surface area contributed by atoms with Crippen LogP contribution in [0.4, 0.5) is 0 Å². The van der Waals surface area contributed by atoms with Crippen molar-refractivity contribution in [2.75, 3.05) is 0 Å². The van der Waals surface area contributed by atoms with E-state index < -0.39 is 0 Å². The van der Waals surface area contributed by atoms with Gasteiger partial charge in [0.2, 0.25) is 5.91 Å². The Kier molecular flexibility index (Phi) is 8.58. The molecule has 1 saturated carbocycles. The summed E-state index contributed by atoms with van der Waals surface area (Å²) in [6.45, 7) is 3.95. The van der Waals surface area contributed by atoms with Crippen LogP contribution in [0.2, 0.25) is 0 Å². The van der Waals surface area contributed by atoms with E-state index in [1.54, 1.807) is 12.4 Å². The highest BCUT2D eigenvalue weighted by molar-refractivity contribution is 5.88. The summed E-state index contributed by atoms with van der Waals surface area (Å²) in [7, 11) is 0. The molecule has 146 valence electrons. The molecule has 5 N–H and O–H groups in total. The zero-order chi connectivity index (χ0) is 19.5. The minimum Gasteiger partial charge on any atom is -0.350 e. The van der Waals surface area contributed by atoms with Crippen LogP contribution >= 0.6 is 0 Å². The lowest BCUT2D eigenvalue weighted by Crippen LogP contribution is -2.35. The largest absolute Gasteiger partial charge is 0.350 e. The number of aromatic amines is 1. The first-order chi connectivity index (χ1) is 13.1. The molecule has 1 aliphatic carbocycles. The SMILES string of the molecule is CCC(/C=C/C(=O)NC1CCCCC1)=C(/C)NN.c1ccc2[nH]cnc2c1. The van der Waals surface area contributed by atoms with E-state index in [2.05, 4.69) is 20.7 Å². The third-order valence-electron chi connectivity index (χ3n) is 4.79. The number of nitrogens with two attached hydrogens (primary N) is 1. The molecule has 0 bridgehead atoms. The van der Waals surface area contributed by atoms with Crippen molar-refractivity contribution >= 4 is 16.9 Å². The number of H-pyrrole nitrogens is 1. The molecular weight excluding hydrogens is 338 g/mol. The smallest absolute Gasteiger partial charge is 0.244 e. The van der Waals surface area contributed by atoms with E-state index in [1.165, 1.54) is 19.3 Å². The Morgan fingerprint density at radius 2 is 2.00 bits per heavy atom. The number of carbonyl (C=O) groups excluding carboxylic acids is 1. The lowest BCUT2D eigenvalue weighted by molar-refractivity contribution is -0.117. The molecule has 1 aliphatic rings. The molecule has 1 heterocycles. The number of para-hydroxylation sites is 2. The molecule has 0 radical (unpaired) electrons. The Bertz CT molecular complexity index is 741. The molecule has 3 rings (SSSR count). The summed E-state index contributed by atoms with van der Waals surface area (Å²) in [5.74, 6) is 5.36. The molecule has 1 aromatic carbocycles. The monoisotopic (exact) mass is 369 g/mol. The molecule has 1 amide bonds. The number of hydrogen-bond acceptors (Lipinski definition) is 4. The number of amides is 1. The summed E-state index contributed by atoms with van der Waals surface area (Å²) in [6, 6.07) is 8.30. The lowest BCUT2D eigenvalue weighted by atomic mass is 9.95. The second-order valence-electron chi connectivity index (χ2n) is 6.74. The van der Waals surface area contributed by atoms with Crippen LogP contribution in [-0.4, -0.2) is 21.9 Å². The maximum absolute atomic E-state index is 11.8. The average Bonchev–Trinajstić information content (AvgIpc) is 3.18. The van der Waals surface area contributed by atoms with Crippen molar-refractivity contribution in [2.45, 2.75) is 58.4 Å². The maximum atomic E-state index is 11.8. The summed E-state index contributed by atoms with van der Waals surface area (Å²) in [4.78, 5) is 18.8. The highest BCUT2D eigenvalue weighted by Gasteiger charge is 2.14. The fourth-order valence-corrected chi connectivity index (χ4v) is 3.15. The van der Waals surface area contributed by atoms with Gasteiger partial charge in [-0.1, -0.05) is 44.4 Å². The molecule has 6 heteroatoms. The fraction of sp³-hybridized carbons (Fsp3) is 0.429. The number of benzene rings is 1. The standard InChI is InChI=1S/C14H25N3O.C7H6N2/c1-3-12(11(2)17-15)9-10-14(18)16-13-7-5-4-6-8-13;1-2-4-7-6(3-1)8-5-9-7/h9-10,13,17H,3-8,15H2,1-2H3,(H,16,18);1-5H,(H,8,9)/b10-9+,12-11+;. The Morgan fingerprint density at radius 1 is 1.26 bits per heavy atom. The van der Waals surface area contributed by atoms with Crippen molar-refractivity contribution in [1.82, 2.24) is 20.7 Å². The van der Waals surface area contributed by atoms with Gasteiger partial charge in [0, 0.05) is 17.8 Å². The van der Waals surface area contributed by atoms with Crippen LogP contribution < -0.4 is 16.6 Å². The van der Waals surface area contributed by atoms with Gasteiger partial charge in [0.15, 0.2) is 0 Å². The van der Waals surface area contributed by atoms with Gasteiger partial charge >= 0.3 is 0 Å². The first kappa shape index (κ1) is 20.7. The van der Waals surface area contributed by atoms with Crippen molar-refractivity contribution in [1.29, 1.82) is 0 Å². The first-order valence-electron chi connectivity index (χ1n) is 9.67. The number of nitrogens with one attached hydrogen (secondary N) is 3. The lowest BCUT2D eigenvalue weighted by Gasteiger charge is -2.21. The molecule has 2 aromatic rings. The zero-order valence-corrected chi connectivity index (χ0v) is 16.3. The van der Waals surface area contributed by atoms with Crippen molar-refractivity contribution < 1.29 is 4.79 Å². The summed E-state index contributed by atoms with van der Waals surface area (Å²) in [5, 5.41) is 3.06. The van der Waals surface area contributed by atoms with Crippen molar-refractivity contribution in [3.05, 3.63) is 54.0 Å². The summed E-state index contributed by atoms with van der Waals surface area (Å²) >= 11 is 0. The molecule has 0 unspecified atom stereocenters. The molecule has 6 nitrogen and oxygen atoms in total. The van der Waals surface area contributed by atoms with Gasteiger partial charge in [0.25, 0.3) is 0 Å². The molecule has 0 spiro atoms. The second-order valence-corrected chi connectivity index (χ2v) is 6.74. The number of aromatic nitrogens is 2. The maximum Gasteiger partial charge on any atom is 0.244 e. The van der Waals surface area contributed by atoms with E-state index in [0.29, 0.717) is 6.04 Å². The predicted molar refractivity (Wildman–Crippen MR) is 111 cm³/mol. The van der Waals surface area contributed by atoms with Gasteiger partial charge in [-0.05, 0) is 43.9 Å². The Balaban J connectivity index is 0.000000239. The van der Waals surface area contributed by atoms with E-state index in [1.807, 2.05) is 44.2 Å². The molecule has 27 heavy (non-hydrogen) atoms. The average molecular weight is 370 g/mol. The predicted octanol–water partition coefficient (Wildman–Crippen LogP) is 3.70. The van der Waals surface area contributed by atoms with Crippen LogP contribution in [0.3, 0.4) is 0 Å². The number of hydrazine groups is 1. The van der Waals surface area contributed by atoms with Gasteiger partial charge in [-0.25, -0.2) is 4.98 Å². The van der Waals surface area contributed by atoms with E-state index in [4.69, 9.17) is 5.84 Å². The number of hydrogen-bond donors (Lipinski definition) is 4. The highest BCUT2D eigenvalue weighted by atomic mass is 16.1. The Labute approximate surface area is 161 Å². The van der Waals surface area contributed by atoms with Crippen LogP contribution in [0.1, 0.15) is 52.4 Å². The van der Waals surface area contributed by atoms with E-state index >= 15 is 0 Å². The van der Waals surface area contributed by atoms with Gasteiger partial charge in [0.1, 0.15) is 0 Å². The van der Waals surface area contributed by atoms with Gasteiger partial charge in [0.05, 0.1) is 17.4 Å². The number of carbonyl (C=O) groups is 1. The van der Waals surface area contributed by atoms with Crippen LogP contribution in [0.5, 0.6) is 0 Å². The van der Waals surface area contributed by atoms with Gasteiger partial charge in [-0.2, -0.15) is 0 Å². The van der Waals surface area contributed by atoms with Crippen LogP contribution in [0.15, 0.2) is 54.0 Å². The number of allylic oxidation sites excluding steroid dienone is 3. The number of fused-ring (bicyclic) bond motifs is 1. The Morgan fingerprint density at radius 3 is 2.67 bits per heavy atom. The Hall–Kier alpha value is -2.60. The minimum absolute atomic E-state index is 0.00216. The van der Waals surface area contributed by atoms with Crippen LogP contribution in [-0.2, 0) is 4.79 Å². The minimum atomic E-state index is -0.00216. The molecule has 1 fully saturated rings. The van der Waals surface area contributed by atoms with Gasteiger partial charge in [-0.3, -0.25) is 10.6 Å². The van der Waals surface area contributed by atoms with E-state index in [0.717, 1.165) is 41.6 Å². The van der Waals surface area contributed by atoms with Crippen LogP contribution in [0, 0.1) is 0 Å². The third kappa shape index (κ3) is 6.90. The number of nitrogens with zero attached hydrogens (tertiary/aromatic N) is 1. The highest BCUT2D eigenvalue weighted by Crippen LogP contribution is 2.17. The van der Waals surface area contributed by atoms with E-state index in [9.17, 15) is 4.79 Å². The molecular formula is C21H31N5O. The molecule has 1 aromatic heterocycles. The summed E-state index contributed by atoms with van der Waals surface area (Å²) < 4.78 is 0.